The molecular formula is C26H20ClFN2O6S. The van der Waals surface area contributed by atoms with Crippen molar-refractivity contribution in [3.05, 3.63) is 103 Å². The van der Waals surface area contributed by atoms with Crippen LogP contribution in [0.2, 0.25) is 5.02 Å². The molecular weight excluding hydrogens is 523 g/mol. The third-order valence-corrected chi connectivity index (χ3v) is 6.62. The first-order valence-electron chi connectivity index (χ1n) is 11.1. The minimum Gasteiger partial charge on any atom is -0.490 e. The van der Waals surface area contributed by atoms with E-state index in [1.807, 2.05) is 6.92 Å². The van der Waals surface area contributed by atoms with Crippen LogP contribution in [0.5, 0.6) is 11.5 Å². The van der Waals surface area contributed by atoms with E-state index in [1.165, 1.54) is 30.3 Å². The van der Waals surface area contributed by atoms with Gasteiger partial charge in [0.15, 0.2) is 11.5 Å². The molecule has 0 saturated carbocycles. The van der Waals surface area contributed by atoms with Crippen LogP contribution in [-0.4, -0.2) is 27.6 Å². The van der Waals surface area contributed by atoms with Gasteiger partial charge in [-0.15, -0.1) is 0 Å². The summed E-state index contributed by atoms with van der Waals surface area (Å²) >= 11 is 6.81. The molecule has 1 heterocycles. The van der Waals surface area contributed by atoms with Gasteiger partial charge in [0.05, 0.1) is 23.0 Å². The highest BCUT2D eigenvalue weighted by Gasteiger charge is 2.36. The van der Waals surface area contributed by atoms with Gasteiger partial charge in [0.25, 0.3) is 16.8 Å². The van der Waals surface area contributed by atoms with Gasteiger partial charge in [-0.3, -0.25) is 24.6 Å². The molecule has 1 aliphatic rings. The van der Waals surface area contributed by atoms with Crippen molar-refractivity contribution in [1.29, 1.82) is 0 Å². The average Bonchev–Trinajstić information content (AvgIpc) is 3.13. The van der Waals surface area contributed by atoms with Gasteiger partial charge < -0.3 is 9.47 Å². The van der Waals surface area contributed by atoms with E-state index in [1.54, 1.807) is 36.4 Å². The Morgan fingerprint density at radius 3 is 2.51 bits per heavy atom. The first-order valence-corrected chi connectivity index (χ1v) is 12.3. The third-order valence-electron chi connectivity index (χ3n) is 5.36. The van der Waals surface area contributed by atoms with Crippen molar-refractivity contribution in [3.63, 3.8) is 0 Å². The molecule has 4 rings (SSSR count). The van der Waals surface area contributed by atoms with Crippen LogP contribution in [0.4, 0.5) is 14.9 Å². The topological polar surface area (TPSA) is 99.0 Å². The van der Waals surface area contributed by atoms with E-state index in [4.69, 9.17) is 21.1 Å². The first kappa shape index (κ1) is 26.2. The molecule has 11 heteroatoms. The molecule has 0 aliphatic carbocycles. The van der Waals surface area contributed by atoms with E-state index in [2.05, 4.69) is 0 Å². The Bertz CT molecular complexity index is 1380. The van der Waals surface area contributed by atoms with Crippen LogP contribution >= 0.6 is 23.4 Å². The van der Waals surface area contributed by atoms with Crippen LogP contribution in [-0.2, 0) is 17.9 Å². The number of thioether (sulfide) groups is 1. The van der Waals surface area contributed by atoms with Crippen LogP contribution in [0.15, 0.2) is 65.6 Å². The number of rotatable bonds is 9. The van der Waals surface area contributed by atoms with Crippen LogP contribution < -0.4 is 9.47 Å². The second-order valence-electron chi connectivity index (χ2n) is 7.82. The van der Waals surface area contributed by atoms with Gasteiger partial charge in [0.2, 0.25) is 0 Å². The minimum atomic E-state index is -0.596. The lowest BCUT2D eigenvalue weighted by molar-refractivity contribution is -0.384. The predicted molar refractivity (Wildman–Crippen MR) is 138 cm³/mol. The maximum absolute atomic E-state index is 14.2. The third kappa shape index (κ3) is 6.10. The van der Waals surface area contributed by atoms with E-state index in [0.29, 0.717) is 23.7 Å². The summed E-state index contributed by atoms with van der Waals surface area (Å²) < 4.78 is 25.7. The fourth-order valence-corrected chi connectivity index (χ4v) is 4.57. The van der Waals surface area contributed by atoms with Crippen molar-refractivity contribution < 1.29 is 28.4 Å². The maximum Gasteiger partial charge on any atom is 0.293 e. The lowest BCUT2D eigenvalue weighted by Gasteiger charge is -2.14. The molecule has 2 amide bonds. The van der Waals surface area contributed by atoms with E-state index < -0.39 is 21.9 Å². The lowest BCUT2D eigenvalue weighted by atomic mass is 10.1. The number of imide groups is 1. The van der Waals surface area contributed by atoms with Crippen LogP contribution in [0.1, 0.15) is 23.6 Å². The normalized spacial score (nSPS) is 14.4. The molecule has 1 aliphatic heterocycles. The summed E-state index contributed by atoms with van der Waals surface area (Å²) in [7, 11) is 0. The smallest absolute Gasteiger partial charge is 0.293 e. The molecule has 190 valence electrons. The molecule has 1 saturated heterocycles. The van der Waals surface area contributed by atoms with E-state index in [9.17, 15) is 24.1 Å². The summed E-state index contributed by atoms with van der Waals surface area (Å²) in [6.07, 6.45) is 1.55. The van der Waals surface area contributed by atoms with Crippen molar-refractivity contribution in [2.75, 3.05) is 6.61 Å². The molecule has 37 heavy (non-hydrogen) atoms. The summed E-state index contributed by atoms with van der Waals surface area (Å²) in [6.45, 7) is 2.06. The first-order chi connectivity index (χ1) is 17.8. The molecule has 0 atom stereocenters. The number of halogens is 2. The number of hydrogen-bond acceptors (Lipinski definition) is 7. The van der Waals surface area contributed by atoms with Gasteiger partial charge in [-0.05, 0) is 72.3 Å². The zero-order chi connectivity index (χ0) is 26.5. The minimum absolute atomic E-state index is 0.00970. The number of hydrogen-bond donors (Lipinski definition) is 0. The highest BCUT2D eigenvalue weighted by atomic mass is 35.5. The van der Waals surface area contributed by atoms with Gasteiger partial charge in [-0.25, -0.2) is 4.39 Å². The highest BCUT2D eigenvalue weighted by molar-refractivity contribution is 8.18. The second kappa shape index (κ2) is 11.4. The fourth-order valence-electron chi connectivity index (χ4n) is 3.51. The summed E-state index contributed by atoms with van der Waals surface area (Å²) in [6, 6.07) is 15.2. The molecule has 0 aromatic heterocycles. The van der Waals surface area contributed by atoms with E-state index in [-0.39, 0.29) is 34.3 Å². The van der Waals surface area contributed by atoms with Gasteiger partial charge in [-0.1, -0.05) is 23.7 Å². The van der Waals surface area contributed by atoms with Crippen molar-refractivity contribution in [1.82, 2.24) is 4.90 Å². The molecule has 0 spiro atoms. The van der Waals surface area contributed by atoms with Crippen LogP contribution in [0.3, 0.4) is 0 Å². The summed E-state index contributed by atoms with van der Waals surface area (Å²) in [5, 5.41) is 10.4. The number of benzene rings is 3. The molecule has 0 radical (unpaired) electrons. The summed E-state index contributed by atoms with van der Waals surface area (Å²) in [4.78, 5) is 36.9. The monoisotopic (exact) mass is 542 g/mol. The molecule has 3 aromatic rings. The number of nitrogens with zero attached hydrogens (tertiary/aromatic N) is 2. The fraction of sp³-hybridized carbons (Fsp3) is 0.154. The number of non-ortho nitro benzene ring substituents is 1. The van der Waals surface area contributed by atoms with Gasteiger partial charge in [-0.2, -0.15) is 0 Å². The molecule has 1 fully saturated rings. The largest absolute Gasteiger partial charge is 0.490 e. The van der Waals surface area contributed by atoms with E-state index >= 15 is 0 Å². The summed E-state index contributed by atoms with van der Waals surface area (Å²) in [5.74, 6) is -0.276. The number of carbonyl (C=O) groups excluding carboxylic acids is 2. The Morgan fingerprint density at radius 2 is 1.84 bits per heavy atom. The van der Waals surface area contributed by atoms with Crippen LogP contribution in [0.25, 0.3) is 6.08 Å². The standard InChI is InChI=1S/C26H20ClFN2O6S/c1-2-35-23-12-17(8-11-22(23)36-15-16-6-9-18(10-7-16)30(33)34)13-24-25(31)29(26(32)37-24)14-19-20(27)4-3-5-21(19)28/h3-13H,2,14-15H2,1H3/b24-13-. The second-order valence-corrected chi connectivity index (χ2v) is 9.22. The number of ether oxygens (including phenoxy) is 2. The molecule has 0 unspecified atom stereocenters. The van der Waals surface area contributed by atoms with Crippen molar-refractivity contribution in [2.24, 2.45) is 0 Å². The molecule has 0 N–H and O–H groups in total. The zero-order valence-corrected chi connectivity index (χ0v) is 21.1. The van der Waals surface area contributed by atoms with Crippen molar-refractivity contribution in [2.45, 2.75) is 20.1 Å². The zero-order valence-electron chi connectivity index (χ0n) is 19.5. The Labute approximate surface area is 220 Å². The number of carbonyl (C=O) groups is 2. The number of amides is 2. The predicted octanol–water partition coefficient (Wildman–Crippen LogP) is 6.60. The van der Waals surface area contributed by atoms with Crippen molar-refractivity contribution in [3.8, 4) is 11.5 Å². The Hall–Kier alpha value is -3.89. The van der Waals surface area contributed by atoms with Crippen molar-refractivity contribution >= 4 is 46.3 Å². The quantitative estimate of drug-likeness (QED) is 0.170. The SMILES string of the molecule is CCOc1cc(/C=C2\SC(=O)N(Cc3c(F)cccc3Cl)C2=O)ccc1OCc1ccc([N+](=O)[O-])cc1. The summed E-state index contributed by atoms with van der Waals surface area (Å²) in [5.41, 5.74) is 1.40. The van der Waals surface area contributed by atoms with Gasteiger partial charge in [0, 0.05) is 22.7 Å². The maximum atomic E-state index is 14.2. The lowest BCUT2D eigenvalue weighted by Crippen LogP contribution is -2.28. The Balaban J connectivity index is 1.50. The average molecular weight is 543 g/mol. The number of nitro groups is 1. The van der Waals surface area contributed by atoms with Gasteiger partial charge in [0.1, 0.15) is 12.4 Å². The van der Waals surface area contributed by atoms with E-state index in [0.717, 1.165) is 22.2 Å². The van der Waals surface area contributed by atoms with Crippen LogP contribution in [0, 0.1) is 15.9 Å². The molecule has 3 aromatic carbocycles. The molecule has 8 nitrogen and oxygen atoms in total. The Morgan fingerprint density at radius 1 is 1.08 bits per heavy atom. The van der Waals surface area contributed by atoms with Gasteiger partial charge >= 0.3 is 0 Å². The molecule has 0 bridgehead atoms. The number of nitro benzene ring substituents is 1. The Kier molecular flexibility index (Phi) is 8.10. The highest BCUT2D eigenvalue weighted by Crippen LogP contribution is 2.36.